The van der Waals surface area contributed by atoms with Gasteiger partial charge in [-0.25, -0.2) is 0 Å². The Morgan fingerprint density at radius 2 is 1.88 bits per heavy atom. The zero-order chi connectivity index (χ0) is 18.4. The van der Waals surface area contributed by atoms with E-state index < -0.39 is 25.0 Å². The number of nitrogens with one attached hydrogen (secondary N) is 2. The van der Waals surface area contributed by atoms with Crippen molar-refractivity contribution in [2.24, 2.45) is 5.92 Å². The molecule has 25 heavy (non-hydrogen) atoms. The Kier molecular flexibility index (Phi) is 7.56. The molecular formula is C16H21BCl2N2O4. The normalized spacial score (nSPS) is 16.2. The highest BCUT2D eigenvalue weighted by Gasteiger charge is 2.32. The van der Waals surface area contributed by atoms with Crippen LogP contribution >= 0.6 is 23.2 Å². The van der Waals surface area contributed by atoms with Gasteiger partial charge in [0.15, 0.2) is 0 Å². The molecule has 1 aliphatic rings. The average Bonchev–Trinajstić information content (AvgIpc) is 2.60. The van der Waals surface area contributed by atoms with E-state index in [0.29, 0.717) is 5.02 Å². The summed E-state index contributed by atoms with van der Waals surface area (Å²) in [6, 6.07) is 3.79. The van der Waals surface area contributed by atoms with Crippen LogP contribution in [-0.2, 0) is 4.79 Å². The summed E-state index contributed by atoms with van der Waals surface area (Å²) in [4.78, 5) is 25.0. The van der Waals surface area contributed by atoms with Crippen LogP contribution in [0.2, 0.25) is 10.0 Å². The molecule has 2 amide bonds. The molecule has 0 aromatic heterocycles. The van der Waals surface area contributed by atoms with Gasteiger partial charge in [-0.1, -0.05) is 42.5 Å². The second-order valence-electron chi connectivity index (χ2n) is 6.20. The van der Waals surface area contributed by atoms with Crippen LogP contribution in [0.15, 0.2) is 18.2 Å². The predicted octanol–water partition coefficient (Wildman–Crippen LogP) is 1.80. The fraction of sp³-hybridized carbons (Fsp3) is 0.500. The van der Waals surface area contributed by atoms with Crippen molar-refractivity contribution in [2.75, 3.05) is 6.44 Å². The first-order chi connectivity index (χ1) is 11.9. The fourth-order valence-corrected chi connectivity index (χ4v) is 3.43. The van der Waals surface area contributed by atoms with Crippen molar-refractivity contribution < 1.29 is 19.6 Å². The average molecular weight is 387 g/mol. The molecule has 0 spiro atoms. The summed E-state index contributed by atoms with van der Waals surface area (Å²) in [5, 5.41) is 23.7. The number of carbonyl (C=O) groups excluding carboxylic acids is 2. The van der Waals surface area contributed by atoms with Gasteiger partial charge in [0, 0.05) is 5.02 Å². The summed E-state index contributed by atoms with van der Waals surface area (Å²) >= 11 is 12.0. The predicted molar refractivity (Wildman–Crippen MR) is 97.5 cm³/mol. The van der Waals surface area contributed by atoms with Crippen LogP contribution in [0.1, 0.15) is 42.5 Å². The van der Waals surface area contributed by atoms with Gasteiger partial charge in [-0.05, 0) is 37.0 Å². The van der Waals surface area contributed by atoms with Crippen LogP contribution in [0.5, 0.6) is 0 Å². The summed E-state index contributed by atoms with van der Waals surface area (Å²) in [5.74, 6) is -0.930. The number of benzene rings is 1. The maximum Gasteiger partial charge on any atom is 0.472 e. The van der Waals surface area contributed by atoms with E-state index in [-0.39, 0.29) is 22.9 Å². The Balaban J connectivity index is 2.15. The molecule has 6 nitrogen and oxygen atoms in total. The third kappa shape index (κ3) is 5.89. The van der Waals surface area contributed by atoms with E-state index >= 15 is 0 Å². The molecule has 1 fully saturated rings. The Bertz CT molecular complexity index is 624. The maximum atomic E-state index is 12.6. The van der Waals surface area contributed by atoms with Gasteiger partial charge >= 0.3 is 7.12 Å². The zero-order valence-electron chi connectivity index (χ0n) is 13.7. The fourth-order valence-electron chi connectivity index (χ4n) is 3.06. The van der Waals surface area contributed by atoms with Gasteiger partial charge in [-0.15, -0.1) is 0 Å². The van der Waals surface area contributed by atoms with Gasteiger partial charge in [-0.3, -0.25) is 9.59 Å². The van der Waals surface area contributed by atoms with Crippen LogP contribution in [-0.4, -0.2) is 41.5 Å². The van der Waals surface area contributed by atoms with Crippen molar-refractivity contribution in [1.82, 2.24) is 10.6 Å². The van der Waals surface area contributed by atoms with Crippen LogP contribution in [0.4, 0.5) is 0 Å². The second-order valence-corrected chi connectivity index (χ2v) is 7.04. The lowest BCUT2D eigenvalue weighted by Crippen LogP contribution is -2.53. The van der Waals surface area contributed by atoms with E-state index in [1.54, 1.807) is 6.07 Å². The van der Waals surface area contributed by atoms with Gasteiger partial charge in [0.1, 0.15) is 6.04 Å². The maximum absolute atomic E-state index is 12.6. The molecule has 2 rings (SSSR count). The summed E-state index contributed by atoms with van der Waals surface area (Å²) in [6.45, 7) is 0. The van der Waals surface area contributed by atoms with Crippen molar-refractivity contribution in [3.8, 4) is 0 Å². The highest BCUT2D eigenvalue weighted by atomic mass is 35.5. The number of rotatable bonds is 6. The SMILES string of the molecule is O=C(NC(C(=O)NCB(O)O)C1CCCCC1)c1cc(Cl)ccc1Cl. The van der Waals surface area contributed by atoms with Gasteiger partial charge in [0.2, 0.25) is 5.91 Å². The minimum Gasteiger partial charge on any atom is -0.426 e. The molecule has 0 radical (unpaired) electrons. The molecule has 0 aliphatic heterocycles. The molecule has 1 aromatic carbocycles. The number of hydrogen-bond donors (Lipinski definition) is 4. The van der Waals surface area contributed by atoms with E-state index in [9.17, 15) is 9.59 Å². The topological polar surface area (TPSA) is 98.7 Å². The molecule has 0 heterocycles. The number of halogens is 2. The van der Waals surface area contributed by atoms with Crippen molar-refractivity contribution in [3.05, 3.63) is 33.8 Å². The molecule has 0 saturated heterocycles. The van der Waals surface area contributed by atoms with Gasteiger partial charge in [0.25, 0.3) is 5.91 Å². The van der Waals surface area contributed by atoms with Crippen molar-refractivity contribution in [1.29, 1.82) is 0 Å². The Labute approximate surface area is 157 Å². The first-order valence-electron chi connectivity index (χ1n) is 8.28. The molecule has 1 aliphatic carbocycles. The second kappa shape index (κ2) is 9.43. The molecular weight excluding hydrogens is 366 g/mol. The van der Waals surface area contributed by atoms with Gasteiger partial charge < -0.3 is 20.7 Å². The minimum absolute atomic E-state index is 0.00787. The molecule has 9 heteroatoms. The Morgan fingerprint density at radius 1 is 1.20 bits per heavy atom. The van der Waals surface area contributed by atoms with Crippen LogP contribution in [0, 0.1) is 5.92 Å². The van der Waals surface area contributed by atoms with Crippen molar-refractivity contribution in [3.63, 3.8) is 0 Å². The van der Waals surface area contributed by atoms with Crippen LogP contribution < -0.4 is 10.6 Å². The standard InChI is InChI=1S/C16H21BCl2N2O4/c18-11-6-7-13(19)12(8-11)15(22)21-14(10-4-2-1-3-5-10)16(23)20-9-17(24)25/h6-8,10,14,24-25H,1-5,9H2,(H,20,23)(H,21,22). The quantitative estimate of drug-likeness (QED) is 0.560. The lowest BCUT2D eigenvalue weighted by Gasteiger charge is -2.30. The van der Waals surface area contributed by atoms with E-state index in [4.69, 9.17) is 33.2 Å². The number of carbonyl (C=O) groups is 2. The number of hydrogen-bond acceptors (Lipinski definition) is 4. The third-order valence-corrected chi connectivity index (χ3v) is 4.89. The van der Waals surface area contributed by atoms with Gasteiger partial charge in [0.05, 0.1) is 17.0 Å². The third-order valence-electron chi connectivity index (χ3n) is 4.32. The summed E-state index contributed by atoms with van der Waals surface area (Å²) in [6.07, 6.45) is 4.44. The Morgan fingerprint density at radius 3 is 2.52 bits per heavy atom. The van der Waals surface area contributed by atoms with Crippen LogP contribution in [0.25, 0.3) is 0 Å². The van der Waals surface area contributed by atoms with Crippen molar-refractivity contribution >= 4 is 42.1 Å². The summed E-state index contributed by atoms with van der Waals surface area (Å²) < 4.78 is 0. The molecule has 1 saturated carbocycles. The minimum atomic E-state index is -1.64. The smallest absolute Gasteiger partial charge is 0.426 e. The molecule has 1 aromatic rings. The van der Waals surface area contributed by atoms with Crippen molar-refractivity contribution in [2.45, 2.75) is 38.1 Å². The highest BCUT2D eigenvalue weighted by molar-refractivity contribution is 6.41. The lowest BCUT2D eigenvalue weighted by molar-refractivity contribution is -0.124. The molecule has 136 valence electrons. The lowest BCUT2D eigenvalue weighted by atomic mass is 9.83. The highest BCUT2D eigenvalue weighted by Crippen LogP contribution is 2.27. The monoisotopic (exact) mass is 386 g/mol. The first kappa shape index (κ1) is 20.0. The molecule has 1 atom stereocenters. The van der Waals surface area contributed by atoms with Crippen LogP contribution in [0.3, 0.4) is 0 Å². The van der Waals surface area contributed by atoms with E-state index in [1.165, 1.54) is 12.1 Å². The largest absolute Gasteiger partial charge is 0.472 e. The summed E-state index contributed by atoms with van der Waals surface area (Å²) in [7, 11) is -1.64. The molecule has 4 N–H and O–H groups in total. The zero-order valence-corrected chi connectivity index (χ0v) is 15.2. The Hall–Kier alpha value is -1.28. The molecule has 0 bridgehead atoms. The van der Waals surface area contributed by atoms with E-state index in [0.717, 1.165) is 32.1 Å². The first-order valence-corrected chi connectivity index (χ1v) is 9.04. The summed E-state index contributed by atoms with van der Waals surface area (Å²) in [5.41, 5.74) is 0.199. The van der Waals surface area contributed by atoms with Gasteiger partial charge in [-0.2, -0.15) is 0 Å². The molecule has 1 unspecified atom stereocenters. The number of amides is 2. The van der Waals surface area contributed by atoms with E-state index in [2.05, 4.69) is 10.6 Å². The van der Waals surface area contributed by atoms with E-state index in [1.807, 2.05) is 0 Å².